The summed E-state index contributed by atoms with van der Waals surface area (Å²) in [6.07, 6.45) is 0. The minimum atomic E-state index is -0.604. The van der Waals surface area contributed by atoms with Gasteiger partial charge in [-0.1, -0.05) is 23.2 Å². The number of hydrogen-bond acceptors (Lipinski definition) is 2. The van der Waals surface area contributed by atoms with E-state index in [-0.39, 0.29) is 10.6 Å². The second-order valence-corrected chi connectivity index (χ2v) is 3.50. The fourth-order valence-electron chi connectivity index (χ4n) is 1.07. The van der Waals surface area contributed by atoms with Gasteiger partial charge >= 0.3 is 0 Å². The molecular formula is C9H9Cl2NO2. The Morgan fingerprint density at radius 2 is 2.00 bits per heavy atom. The van der Waals surface area contributed by atoms with E-state index in [1.165, 1.54) is 13.2 Å². The molecule has 3 nitrogen and oxygen atoms in total. The number of carbonyl (C=O) groups excluding carboxylic acids is 1. The van der Waals surface area contributed by atoms with Crippen LogP contribution in [0.15, 0.2) is 6.07 Å². The van der Waals surface area contributed by atoms with Crippen molar-refractivity contribution in [3.05, 3.63) is 27.2 Å². The number of halogens is 2. The quantitative estimate of drug-likeness (QED) is 0.854. The van der Waals surface area contributed by atoms with Gasteiger partial charge in [0.15, 0.2) is 0 Å². The van der Waals surface area contributed by atoms with Crippen molar-refractivity contribution in [3.8, 4) is 5.75 Å². The van der Waals surface area contributed by atoms with Crippen molar-refractivity contribution in [2.45, 2.75) is 6.92 Å². The van der Waals surface area contributed by atoms with Crippen molar-refractivity contribution < 1.29 is 9.53 Å². The lowest BCUT2D eigenvalue weighted by atomic mass is 10.1. The molecule has 2 N–H and O–H groups in total. The van der Waals surface area contributed by atoms with Crippen LogP contribution in [-0.2, 0) is 0 Å². The van der Waals surface area contributed by atoms with Crippen LogP contribution in [0.1, 0.15) is 15.9 Å². The van der Waals surface area contributed by atoms with E-state index >= 15 is 0 Å². The third-order valence-electron chi connectivity index (χ3n) is 1.87. The van der Waals surface area contributed by atoms with Crippen molar-refractivity contribution >= 4 is 29.1 Å². The molecule has 14 heavy (non-hydrogen) atoms. The first-order valence-electron chi connectivity index (χ1n) is 3.81. The third kappa shape index (κ3) is 1.79. The molecule has 1 amide bonds. The summed E-state index contributed by atoms with van der Waals surface area (Å²) in [4.78, 5) is 11.0. The number of ether oxygens (including phenoxy) is 1. The number of nitrogens with two attached hydrogens (primary N) is 1. The molecule has 1 aromatic carbocycles. The molecule has 0 heterocycles. The average Bonchev–Trinajstić information content (AvgIpc) is 2.14. The van der Waals surface area contributed by atoms with E-state index in [4.69, 9.17) is 33.7 Å². The zero-order valence-corrected chi connectivity index (χ0v) is 9.24. The summed E-state index contributed by atoms with van der Waals surface area (Å²) in [5.41, 5.74) is 5.93. The van der Waals surface area contributed by atoms with Gasteiger partial charge in [-0.05, 0) is 18.6 Å². The summed E-state index contributed by atoms with van der Waals surface area (Å²) in [6.45, 7) is 1.69. The Morgan fingerprint density at radius 1 is 1.43 bits per heavy atom. The molecule has 76 valence electrons. The van der Waals surface area contributed by atoms with Gasteiger partial charge in [-0.2, -0.15) is 0 Å². The van der Waals surface area contributed by atoms with Crippen molar-refractivity contribution in [1.29, 1.82) is 0 Å². The smallest absolute Gasteiger partial charge is 0.250 e. The first kappa shape index (κ1) is 11.1. The number of rotatable bonds is 2. The second-order valence-electron chi connectivity index (χ2n) is 2.74. The number of hydrogen-bond donors (Lipinski definition) is 1. The van der Waals surface area contributed by atoms with E-state index in [9.17, 15) is 4.79 Å². The number of carbonyl (C=O) groups is 1. The van der Waals surface area contributed by atoms with Crippen molar-refractivity contribution in [2.24, 2.45) is 5.73 Å². The van der Waals surface area contributed by atoms with E-state index in [2.05, 4.69) is 0 Å². The molecule has 0 aliphatic carbocycles. The SMILES string of the molecule is COc1cc(C(N)=O)c(Cl)c(C)c1Cl. The molecule has 0 saturated carbocycles. The molecule has 1 aromatic rings. The van der Waals surface area contributed by atoms with Crippen LogP contribution in [0.2, 0.25) is 10.0 Å². The molecular weight excluding hydrogens is 225 g/mol. The summed E-state index contributed by atoms with van der Waals surface area (Å²) in [5, 5.41) is 0.658. The number of amides is 1. The predicted octanol–water partition coefficient (Wildman–Crippen LogP) is 2.41. The van der Waals surface area contributed by atoms with Gasteiger partial charge in [0.1, 0.15) is 5.75 Å². The zero-order chi connectivity index (χ0) is 10.9. The predicted molar refractivity (Wildman–Crippen MR) is 56.3 cm³/mol. The minimum Gasteiger partial charge on any atom is -0.495 e. The lowest BCUT2D eigenvalue weighted by Crippen LogP contribution is -2.12. The van der Waals surface area contributed by atoms with Gasteiger partial charge in [-0.3, -0.25) is 4.79 Å². The third-order valence-corrected chi connectivity index (χ3v) is 2.83. The van der Waals surface area contributed by atoms with Crippen LogP contribution in [0.25, 0.3) is 0 Å². The molecule has 0 spiro atoms. The highest BCUT2D eigenvalue weighted by Crippen LogP contribution is 2.35. The van der Waals surface area contributed by atoms with E-state index in [0.29, 0.717) is 16.3 Å². The number of primary amides is 1. The topological polar surface area (TPSA) is 52.3 Å². The average molecular weight is 234 g/mol. The van der Waals surface area contributed by atoms with E-state index in [1.54, 1.807) is 6.92 Å². The molecule has 1 rings (SSSR count). The molecule has 0 unspecified atom stereocenters. The van der Waals surface area contributed by atoms with Crippen molar-refractivity contribution in [3.63, 3.8) is 0 Å². The standard InChI is InChI=1S/C9H9Cl2NO2/c1-4-7(10)5(9(12)13)3-6(14-2)8(4)11/h3H,1-2H3,(H2,12,13). The summed E-state index contributed by atoms with van der Waals surface area (Å²) in [5.74, 6) is -0.213. The maximum atomic E-state index is 11.0. The Balaban J connectivity index is 3.48. The van der Waals surface area contributed by atoms with Crippen LogP contribution in [0.4, 0.5) is 0 Å². The van der Waals surface area contributed by atoms with Crippen molar-refractivity contribution in [2.75, 3.05) is 7.11 Å². The molecule has 0 aromatic heterocycles. The van der Waals surface area contributed by atoms with Crippen LogP contribution < -0.4 is 10.5 Å². The number of methoxy groups -OCH3 is 1. The monoisotopic (exact) mass is 233 g/mol. The molecule has 0 radical (unpaired) electrons. The Morgan fingerprint density at radius 3 is 2.43 bits per heavy atom. The summed E-state index contributed by atoms with van der Waals surface area (Å²) in [6, 6.07) is 1.43. The maximum Gasteiger partial charge on any atom is 0.250 e. The Hall–Kier alpha value is -0.930. The molecule has 0 fully saturated rings. The first-order chi connectivity index (χ1) is 6.49. The highest BCUT2D eigenvalue weighted by Gasteiger charge is 2.15. The van der Waals surface area contributed by atoms with Gasteiger partial charge < -0.3 is 10.5 Å². The van der Waals surface area contributed by atoms with E-state index < -0.39 is 5.91 Å². The molecule has 0 atom stereocenters. The normalized spacial score (nSPS) is 10.0. The molecule has 0 aliphatic rings. The Bertz CT molecular complexity index is 391. The minimum absolute atomic E-state index is 0.213. The van der Waals surface area contributed by atoms with Crippen LogP contribution in [0.5, 0.6) is 5.75 Å². The molecule has 0 saturated heterocycles. The lowest BCUT2D eigenvalue weighted by molar-refractivity contribution is 0.1000. The van der Waals surface area contributed by atoms with Gasteiger partial charge in [0.05, 0.1) is 22.7 Å². The molecule has 0 aliphatic heterocycles. The van der Waals surface area contributed by atoms with Crippen molar-refractivity contribution in [1.82, 2.24) is 0 Å². The highest BCUT2D eigenvalue weighted by molar-refractivity contribution is 6.38. The maximum absolute atomic E-state index is 11.0. The van der Waals surface area contributed by atoms with Gasteiger partial charge in [-0.15, -0.1) is 0 Å². The zero-order valence-electron chi connectivity index (χ0n) is 7.73. The fourth-order valence-corrected chi connectivity index (χ4v) is 1.59. The second kappa shape index (κ2) is 4.07. The summed E-state index contributed by atoms with van der Waals surface area (Å²) < 4.78 is 4.97. The largest absolute Gasteiger partial charge is 0.495 e. The fraction of sp³-hybridized carbons (Fsp3) is 0.222. The number of benzene rings is 1. The van der Waals surface area contributed by atoms with Gasteiger partial charge in [0.2, 0.25) is 5.91 Å². The first-order valence-corrected chi connectivity index (χ1v) is 4.57. The van der Waals surface area contributed by atoms with E-state index in [1.807, 2.05) is 0 Å². The van der Waals surface area contributed by atoms with Crippen LogP contribution in [-0.4, -0.2) is 13.0 Å². The van der Waals surface area contributed by atoms with Gasteiger partial charge in [0.25, 0.3) is 0 Å². The molecule has 5 heteroatoms. The van der Waals surface area contributed by atoms with Crippen LogP contribution >= 0.6 is 23.2 Å². The Kier molecular flexibility index (Phi) is 3.24. The van der Waals surface area contributed by atoms with Crippen LogP contribution in [0.3, 0.4) is 0 Å². The van der Waals surface area contributed by atoms with Gasteiger partial charge in [0, 0.05) is 0 Å². The van der Waals surface area contributed by atoms with E-state index in [0.717, 1.165) is 0 Å². The van der Waals surface area contributed by atoms with Crippen LogP contribution in [0, 0.1) is 6.92 Å². The lowest BCUT2D eigenvalue weighted by Gasteiger charge is -2.10. The molecule has 0 bridgehead atoms. The highest BCUT2D eigenvalue weighted by atomic mass is 35.5. The Labute approximate surface area is 91.7 Å². The summed E-state index contributed by atoms with van der Waals surface area (Å²) >= 11 is 11.8. The van der Waals surface area contributed by atoms with Gasteiger partial charge in [-0.25, -0.2) is 0 Å². The summed E-state index contributed by atoms with van der Waals surface area (Å²) in [7, 11) is 1.46.